The maximum absolute atomic E-state index is 6.22. The summed E-state index contributed by atoms with van der Waals surface area (Å²) in [5.41, 5.74) is 1.16. The lowest BCUT2D eigenvalue weighted by Crippen LogP contribution is -2.35. The monoisotopic (exact) mass is 283 g/mol. The molecule has 1 aromatic rings. The fourth-order valence-corrected chi connectivity index (χ4v) is 2.81. The Morgan fingerprint density at radius 1 is 1.32 bits per heavy atom. The lowest BCUT2D eigenvalue weighted by Gasteiger charge is -2.24. The summed E-state index contributed by atoms with van der Waals surface area (Å²) >= 11 is 6.22. The minimum absolute atomic E-state index is 0.525. The molecule has 4 heteroatoms. The van der Waals surface area contributed by atoms with Crippen molar-refractivity contribution in [3.8, 4) is 11.5 Å². The molecular formula is C15H22ClNO2. The molecular weight excluding hydrogens is 262 g/mol. The molecule has 0 radical (unpaired) electrons. The lowest BCUT2D eigenvalue weighted by atomic mass is 9.97. The van der Waals surface area contributed by atoms with E-state index in [1.54, 1.807) is 7.11 Å². The third kappa shape index (κ3) is 3.77. The minimum Gasteiger partial charge on any atom is -0.495 e. The van der Waals surface area contributed by atoms with Gasteiger partial charge in [0, 0.05) is 12.1 Å². The Hall–Kier alpha value is -0.930. The summed E-state index contributed by atoms with van der Waals surface area (Å²) < 4.78 is 11.0. The Bertz CT molecular complexity index is 417. The first-order valence-corrected chi connectivity index (χ1v) is 7.35. The van der Waals surface area contributed by atoms with Gasteiger partial charge >= 0.3 is 0 Å². The normalized spacial score (nSPS) is 19.2. The molecule has 1 atom stereocenters. The molecule has 0 bridgehead atoms. The molecule has 0 aromatic heterocycles. The van der Waals surface area contributed by atoms with Crippen molar-refractivity contribution in [2.45, 2.75) is 38.6 Å². The van der Waals surface area contributed by atoms with Crippen LogP contribution in [0.1, 0.15) is 31.7 Å². The highest BCUT2D eigenvalue weighted by atomic mass is 35.5. The zero-order valence-electron chi connectivity index (χ0n) is 11.7. The molecule has 1 aliphatic heterocycles. The van der Waals surface area contributed by atoms with E-state index in [4.69, 9.17) is 21.1 Å². The number of halogens is 1. The van der Waals surface area contributed by atoms with E-state index in [9.17, 15) is 0 Å². The van der Waals surface area contributed by atoms with E-state index in [1.807, 2.05) is 19.1 Å². The first-order chi connectivity index (χ1) is 9.24. The SMILES string of the molecule is CCOc1cc(OC)c(Cl)cc1CC1CCCCN1. The highest BCUT2D eigenvalue weighted by Gasteiger charge is 2.17. The maximum atomic E-state index is 6.22. The molecule has 2 rings (SSSR count). The molecule has 0 spiro atoms. The zero-order chi connectivity index (χ0) is 13.7. The average molecular weight is 284 g/mol. The predicted octanol–water partition coefficient (Wildman–Crippen LogP) is 3.43. The number of piperidine rings is 1. The molecule has 1 saturated heterocycles. The van der Waals surface area contributed by atoms with Crippen molar-refractivity contribution < 1.29 is 9.47 Å². The van der Waals surface area contributed by atoms with Gasteiger partial charge in [0.2, 0.25) is 0 Å². The van der Waals surface area contributed by atoms with Crippen molar-refractivity contribution >= 4 is 11.6 Å². The van der Waals surface area contributed by atoms with Crippen molar-refractivity contribution in [1.29, 1.82) is 0 Å². The molecule has 1 heterocycles. The highest BCUT2D eigenvalue weighted by Crippen LogP contribution is 2.33. The standard InChI is InChI=1S/C15H22ClNO2/c1-3-19-14-10-15(18-2)13(16)9-11(14)8-12-6-4-5-7-17-12/h9-10,12,17H,3-8H2,1-2H3. The summed E-state index contributed by atoms with van der Waals surface area (Å²) in [6.45, 7) is 3.75. The molecule has 0 saturated carbocycles. The number of nitrogens with one attached hydrogen (secondary N) is 1. The van der Waals surface area contributed by atoms with Crippen LogP contribution in [0.25, 0.3) is 0 Å². The van der Waals surface area contributed by atoms with E-state index >= 15 is 0 Å². The van der Waals surface area contributed by atoms with E-state index in [0.29, 0.717) is 23.4 Å². The first-order valence-electron chi connectivity index (χ1n) is 6.97. The van der Waals surface area contributed by atoms with Gasteiger partial charge < -0.3 is 14.8 Å². The van der Waals surface area contributed by atoms with Gasteiger partial charge in [0.05, 0.1) is 18.7 Å². The Labute approximate surface area is 120 Å². The van der Waals surface area contributed by atoms with Crippen LogP contribution in [0.3, 0.4) is 0 Å². The molecule has 0 amide bonds. The molecule has 3 nitrogen and oxygen atoms in total. The van der Waals surface area contributed by atoms with Crippen molar-refractivity contribution in [3.05, 3.63) is 22.7 Å². The molecule has 1 fully saturated rings. The number of benzene rings is 1. The largest absolute Gasteiger partial charge is 0.495 e. The van der Waals surface area contributed by atoms with Crippen LogP contribution in [0.15, 0.2) is 12.1 Å². The molecule has 1 unspecified atom stereocenters. The molecule has 106 valence electrons. The number of hydrogen-bond acceptors (Lipinski definition) is 3. The Balaban J connectivity index is 2.18. The van der Waals surface area contributed by atoms with Gasteiger partial charge in [0.1, 0.15) is 11.5 Å². The number of ether oxygens (including phenoxy) is 2. The second kappa shape index (κ2) is 7.01. The number of methoxy groups -OCH3 is 1. The van der Waals surface area contributed by atoms with E-state index in [-0.39, 0.29) is 0 Å². The quantitative estimate of drug-likeness (QED) is 0.898. The van der Waals surface area contributed by atoms with Crippen LogP contribution in [0.4, 0.5) is 0 Å². The number of rotatable bonds is 5. The highest BCUT2D eigenvalue weighted by molar-refractivity contribution is 6.32. The van der Waals surface area contributed by atoms with Gasteiger partial charge in [0.25, 0.3) is 0 Å². The van der Waals surface area contributed by atoms with Gasteiger partial charge in [-0.05, 0) is 44.4 Å². The Kier molecular flexibility index (Phi) is 5.34. The van der Waals surface area contributed by atoms with E-state index < -0.39 is 0 Å². The first kappa shape index (κ1) is 14.5. The van der Waals surface area contributed by atoms with E-state index in [2.05, 4.69) is 5.32 Å². The van der Waals surface area contributed by atoms with Gasteiger partial charge in [-0.15, -0.1) is 0 Å². The Morgan fingerprint density at radius 2 is 2.16 bits per heavy atom. The minimum atomic E-state index is 0.525. The predicted molar refractivity (Wildman–Crippen MR) is 78.5 cm³/mol. The van der Waals surface area contributed by atoms with Crippen LogP contribution >= 0.6 is 11.6 Å². The third-order valence-corrected chi connectivity index (χ3v) is 3.81. The topological polar surface area (TPSA) is 30.5 Å². The van der Waals surface area contributed by atoms with Crippen LogP contribution in [0.2, 0.25) is 5.02 Å². The molecule has 1 N–H and O–H groups in total. The van der Waals surface area contributed by atoms with Crippen molar-refractivity contribution in [1.82, 2.24) is 5.32 Å². The summed E-state index contributed by atoms with van der Waals surface area (Å²) in [6, 6.07) is 4.39. The van der Waals surface area contributed by atoms with Crippen LogP contribution in [0, 0.1) is 0 Å². The summed E-state index contributed by atoms with van der Waals surface area (Å²) in [7, 11) is 1.62. The molecule has 1 aliphatic rings. The van der Waals surface area contributed by atoms with E-state index in [1.165, 1.54) is 19.3 Å². The third-order valence-electron chi connectivity index (χ3n) is 3.51. The molecule has 1 aromatic carbocycles. The van der Waals surface area contributed by atoms with Gasteiger partial charge in [-0.3, -0.25) is 0 Å². The van der Waals surface area contributed by atoms with E-state index in [0.717, 1.165) is 24.3 Å². The summed E-state index contributed by atoms with van der Waals surface area (Å²) in [6.07, 6.45) is 4.75. The number of hydrogen-bond donors (Lipinski definition) is 1. The summed E-state index contributed by atoms with van der Waals surface area (Å²) in [5.74, 6) is 1.56. The molecule has 19 heavy (non-hydrogen) atoms. The van der Waals surface area contributed by atoms with Crippen molar-refractivity contribution in [3.63, 3.8) is 0 Å². The van der Waals surface area contributed by atoms with Gasteiger partial charge in [0.15, 0.2) is 0 Å². The van der Waals surface area contributed by atoms with Crippen LogP contribution in [-0.2, 0) is 6.42 Å². The summed E-state index contributed by atoms with van der Waals surface area (Å²) in [4.78, 5) is 0. The van der Waals surface area contributed by atoms with Crippen LogP contribution in [0.5, 0.6) is 11.5 Å². The smallest absolute Gasteiger partial charge is 0.141 e. The fraction of sp³-hybridized carbons (Fsp3) is 0.600. The summed E-state index contributed by atoms with van der Waals surface area (Å²) in [5, 5.41) is 4.20. The van der Waals surface area contributed by atoms with Gasteiger partial charge in [-0.2, -0.15) is 0 Å². The Morgan fingerprint density at radius 3 is 2.79 bits per heavy atom. The zero-order valence-corrected chi connectivity index (χ0v) is 12.4. The van der Waals surface area contributed by atoms with Crippen molar-refractivity contribution in [2.24, 2.45) is 0 Å². The van der Waals surface area contributed by atoms with Gasteiger partial charge in [-0.1, -0.05) is 18.0 Å². The average Bonchev–Trinajstić information content (AvgIpc) is 2.43. The second-order valence-corrected chi connectivity index (χ2v) is 5.29. The van der Waals surface area contributed by atoms with Gasteiger partial charge in [-0.25, -0.2) is 0 Å². The van der Waals surface area contributed by atoms with Crippen molar-refractivity contribution in [2.75, 3.05) is 20.3 Å². The maximum Gasteiger partial charge on any atom is 0.141 e. The van der Waals surface area contributed by atoms with Crippen LogP contribution < -0.4 is 14.8 Å². The van der Waals surface area contributed by atoms with Crippen LogP contribution in [-0.4, -0.2) is 26.3 Å². The lowest BCUT2D eigenvalue weighted by molar-refractivity contribution is 0.327. The fourth-order valence-electron chi connectivity index (χ4n) is 2.55. The second-order valence-electron chi connectivity index (χ2n) is 4.88. The molecule has 0 aliphatic carbocycles.